The summed E-state index contributed by atoms with van der Waals surface area (Å²) in [4.78, 5) is 2.41. The van der Waals surface area contributed by atoms with Crippen molar-refractivity contribution in [1.82, 2.24) is 4.57 Å². The van der Waals surface area contributed by atoms with Crippen LogP contribution in [-0.4, -0.2) is 4.57 Å². The van der Waals surface area contributed by atoms with Crippen LogP contribution in [0.1, 0.15) is 29.0 Å². The molecule has 1 atom stereocenters. The number of aromatic nitrogens is 1. The van der Waals surface area contributed by atoms with Crippen LogP contribution in [0.5, 0.6) is 0 Å². The minimum Gasteiger partial charge on any atom is -0.310 e. The second-order valence-electron chi connectivity index (χ2n) is 14.9. The van der Waals surface area contributed by atoms with E-state index in [0.717, 1.165) is 29.2 Å². The van der Waals surface area contributed by atoms with Crippen LogP contribution in [0.4, 0.5) is 17.1 Å². The molecule has 56 heavy (non-hydrogen) atoms. The van der Waals surface area contributed by atoms with Gasteiger partial charge in [-0.15, -0.1) is 0 Å². The summed E-state index contributed by atoms with van der Waals surface area (Å²) in [5, 5.41) is 7.50. The first-order valence-electron chi connectivity index (χ1n) is 19.5. The predicted octanol–water partition coefficient (Wildman–Crippen LogP) is 14.8. The first-order chi connectivity index (χ1) is 27.8. The Labute approximate surface area is 326 Å². The second-order valence-corrected chi connectivity index (χ2v) is 14.9. The first kappa shape index (κ1) is 32.3. The van der Waals surface area contributed by atoms with E-state index in [9.17, 15) is 0 Å². The van der Waals surface area contributed by atoms with E-state index in [4.69, 9.17) is 0 Å². The Morgan fingerprint density at radius 2 is 1.11 bits per heavy atom. The van der Waals surface area contributed by atoms with Crippen molar-refractivity contribution < 1.29 is 0 Å². The lowest BCUT2D eigenvalue weighted by Gasteiger charge is -2.27. The Morgan fingerprint density at radius 1 is 0.464 bits per heavy atom. The lowest BCUT2D eigenvalue weighted by atomic mass is 9.82. The van der Waals surface area contributed by atoms with E-state index in [-0.39, 0.29) is 0 Å². The minimum absolute atomic E-state index is 0.339. The van der Waals surface area contributed by atoms with Crippen molar-refractivity contribution in [3.05, 3.63) is 223 Å². The summed E-state index contributed by atoms with van der Waals surface area (Å²) in [6, 6.07) is 73.5. The molecule has 0 radical (unpaired) electrons. The molecule has 0 amide bonds. The quantitative estimate of drug-likeness (QED) is 0.166. The van der Waals surface area contributed by atoms with Crippen LogP contribution in [0, 0.1) is 0 Å². The summed E-state index contributed by atoms with van der Waals surface area (Å²) in [6.45, 7) is 0. The van der Waals surface area contributed by atoms with Crippen molar-refractivity contribution in [2.75, 3.05) is 4.90 Å². The second kappa shape index (κ2) is 13.3. The van der Waals surface area contributed by atoms with Crippen LogP contribution in [0.3, 0.4) is 0 Å². The number of rotatable bonds is 6. The summed E-state index contributed by atoms with van der Waals surface area (Å²) in [7, 11) is 0. The maximum atomic E-state index is 2.45. The van der Waals surface area contributed by atoms with Gasteiger partial charge in [0, 0.05) is 44.8 Å². The molecule has 0 spiro atoms. The molecule has 0 N–H and O–H groups in total. The standard InChI is InChI=1S/C54H38N2/c1-2-17-42(18-3-1)56-53-36-45(33-35-51(53)52-34-28-39-14-6-9-21-50(39)54(52)56)55(43-29-24-40(25-30-43)48-22-10-15-37-12-4-7-19-46(37)48)44-31-26-41(27-32-44)49-23-11-16-38-13-5-8-20-47(38)49/h1-22,24-36,49H,23H2. The fourth-order valence-electron chi connectivity index (χ4n) is 9.07. The van der Waals surface area contributed by atoms with Gasteiger partial charge in [-0.2, -0.15) is 0 Å². The summed E-state index contributed by atoms with van der Waals surface area (Å²) >= 11 is 0. The Kier molecular flexibility index (Phi) is 7.67. The molecule has 2 heteroatoms. The van der Waals surface area contributed by atoms with Crippen molar-refractivity contribution in [1.29, 1.82) is 0 Å². The SMILES string of the molecule is C1=Cc2ccccc2C(c2ccc(N(c3ccc(-c4cccc5ccccc45)cc3)c3ccc4c5ccc6ccccc6c5n(-c5ccccc5)c4c3)cc2)C1. The van der Waals surface area contributed by atoms with E-state index in [1.54, 1.807) is 0 Å². The summed E-state index contributed by atoms with van der Waals surface area (Å²) in [6.07, 6.45) is 5.58. The summed E-state index contributed by atoms with van der Waals surface area (Å²) < 4.78 is 2.45. The monoisotopic (exact) mass is 714 g/mol. The largest absolute Gasteiger partial charge is 0.310 e. The number of benzene rings is 9. The van der Waals surface area contributed by atoms with Crippen LogP contribution in [0.15, 0.2) is 206 Å². The molecular weight excluding hydrogens is 677 g/mol. The maximum absolute atomic E-state index is 2.45. The molecule has 0 aliphatic heterocycles. The molecule has 0 fully saturated rings. The average molecular weight is 715 g/mol. The van der Waals surface area contributed by atoms with Gasteiger partial charge in [0.25, 0.3) is 0 Å². The molecule has 11 rings (SSSR count). The van der Waals surface area contributed by atoms with Crippen LogP contribution < -0.4 is 4.90 Å². The lowest BCUT2D eigenvalue weighted by molar-refractivity contribution is 0.819. The van der Waals surface area contributed by atoms with Gasteiger partial charge >= 0.3 is 0 Å². The van der Waals surface area contributed by atoms with Gasteiger partial charge < -0.3 is 9.47 Å². The third-order valence-electron chi connectivity index (χ3n) is 11.7. The van der Waals surface area contributed by atoms with Crippen LogP contribution >= 0.6 is 0 Å². The molecule has 264 valence electrons. The molecule has 0 saturated heterocycles. The zero-order valence-corrected chi connectivity index (χ0v) is 30.9. The molecule has 2 nitrogen and oxygen atoms in total. The number of nitrogens with zero attached hydrogens (tertiary/aromatic N) is 2. The molecule has 1 unspecified atom stereocenters. The summed E-state index contributed by atoms with van der Waals surface area (Å²) in [5.74, 6) is 0.339. The van der Waals surface area contributed by atoms with E-state index in [2.05, 4.69) is 222 Å². The van der Waals surface area contributed by atoms with Crippen molar-refractivity contribution in [2.24, 2.45) is 0 Å². The van der Waals surface area contributed by atoms with Crippen LogP contribution in [0.2, 0.25) is 0 Å². The third kappa shape index (κ3) is 5.33. The molecule has 10 aromatic rings. The van der Waals surface area contributed by atoms with Gasteiger partial charge in [-0.05, 0) is 98.9 Å². The minimum atomic E-state index is 0.339. The molecule has 9 aromatic carbocycles. The van der Waals surface area contributed by atoms with Gasteiger partial charge in [0.05, 0.1) is 11.0 Å². The highest BCUT2D eigenvalue weighted by Crippen LogP contribution is 2.43. The Bertz CT molecular complexity index is 3090. The fourth-order valence-corrected chi connectivity index (χ4v) is 9.07. The van der Waals surface area contributed by atoms with Gasteiger partial charge in [0.2, 0.25) is 0 Å². The Balaban J connectivity index is 1.09. The highest BCUT2D eigenvalue weighted by molar-refractivity contribution is 6.19. The molecule has 1 heterocycles. The number of fused-ring (bicyclic) bond motifs is 7. The van der Waals surface area contributed by atoms with Crippen molar-refractivity contribution in [3.63, 3.8) is 0 Å². The van der Waals surface area contributed by atoms with E-state index < -0.39 is 0 Å². The van der Waals surface area contributed by atoms with Crippen molar-refractivity contribution in [3.8, 4) is 16.8 Å². The van der Waals surface area contributed by atoms with Gasteiger partial charge in [0.15, 0.2) is 0 Å². The lowest BCUT2D eigenvalue weighted by Crippen LogP contribution is -2.11. The molecule has 0 bridgehead atoms. The number of hydrogen-bond acceptors (Lipinski definition) is 1. The average Bonchev–Trinajstić information content (AvgIpc) is 3.61. The smallest absolute Gasteiger partial charge is 0.0619 e. The van der Waals surface area contributed by atoms with Gasteiger partial charge in [0.1, 0.15) is 0 Å². The van der Waals surface area contributed by atoms with Gasteiger partial charge in [-0.25, -0.2) is 0 Å². The molecular formula is C54H38N2. The number of para-hydroxylation sites is 1. The zero-order valence-electron chi connectivity index (χ0n) is 30.9. The van der Waals surface area contributed by atoms with Gasteiger partial charge in [-0.1, -0.05) is 164 Å². The predicted molar refractivity (Wildman–Crippen MR) is 238 cm³/mol. The highest BCUT2D eigenvalue weighted by Gasteiger charge is 2.22. The first-order valence-corrected chi connectivity index (χ1v) is 19.5. The maximum Gasteiger partial charge on any atom is 0.0619 e. The number of hydrogen-bond donors (Lipinski definition) is 0. The molecule has 0 saturated carbocycles. The zero-order chi connectivity index (χ0) is 37.0. The van der Waals surface area contributed by atoms with E-state index in [1.807, 2.05) is 0 Å². The third-order valence-corrected chi connectivity index (χ3v) is 11.7. The van der Waals surface area contributed by atoms with Crippen LogP contribution in [0.25, 0.3) is 66.2 Å². The number of anilines is 3. The van der Waals surface area contributed by atoms with Gasteiger partial charge in [-0.3, -0.25) is 0 Å². The van der Waals surface area contributed by atoms with Crippen LogP contribution in [-0.2, 0) is 0 Å². The highest BCUT2D eigenvalue weighted by atomic mass is 15.1. The van der Waals surface area contributed by atoms with E-state index in [0.29, 0.717) is 5.92 Å². The van der Waals surface area contributed by atoms with E-state index in [1.165, 1.54) is 71.2 Å². The molecule has 1 aliphatic rings. The topological polar surface area (TPSA) is 8.17 Å². The molecule has 1 aromatic heterocycles. The van der Waals surface area contributed by atoms with E-state index >= 15 is 0 Å². The molecule has 1 aliphatic carbocycles. The fraction of sp³-hybridized carbons (Fsp3) is 0.0370. The Morgan fingerprint density at radius 3 is 1.93 bits per heavy atom. The van der Waals surface area contributed by atoms with Crippen molar-refractivity contribution in [2.45, 2.75) is 12.3 Å². The van der Waals surface area contributed by atoms with Crippen molar-refractivity contribution >= 4 is 66.5 Å². The Hall–Kier alpha value is -7.16. The normalized spacial score (nSPS) is 13.8. The number of allylic oxidation sites excluding steroid dienone is 1. The summed E-state index contributed by atoms with van der Waals surface area (Å²) in [5.41, 5.74) is 13.4.